The van der Waals surface area contributed by atoms with E-state index in [0.717, 1.165) is 21.9 Å². The summed E-state index contributed by atoms with van der Waals surface area (Å²) in [5.74, 6) is 0. The lowest BCUT2D eigenvalue weighted by atomic mass is 10.1. The van der Waals surface area contributed by atoms with Crippen LogP contribution in [-0.2, 0) is 35.0 Å². The van der Waals surface area contributed by atoms with Gasteiger partial charge < -0.3 is 4.74 Å². The maximum Gasteiger partial charge on any atom is 0.329 e. The van der Waals surface area contributed by atoms with Gasteiger partial charge in [-0.2, -0.15) is 0 Å². The summed E-state index contributed by atoms with van der Waals surface area (Å²) < 4.78 is 34.4. The van der Waals surface area contributed by atoms with Crippen molar-refractivity contribution in [3.63, 3.8) is 0 Å². The number of rotatable bonds is 7. The van der Waals surface area contributed by atoms with E-state index in [1.54, 1.807) is 0 Å². The predicted octanol–water partition coefficient (Wildman–Crippen LogP) is 0.637. The van der Waals surface area contributed by atoms with E-state index in [9.17, 15) is 18.0 Å². The second kappa shape index (κ2) is 8.05. The van der Waals surface area contributed by atoms with Crippen LogP contribution < -0.4 is 16.0 Å². The summed E-state index contributed by atoms with van der Waals surface area (Å²) in [6.07, 6.45) is 1.12. The molecule has 9 nitrogen and oxygen atoms in total. The minimum atomic E-state index is -3.92. The zero-order valence-electron chi connectivity index (χ0n) is 15.4. The Balaban J connectivity index is 1.90. The molecule has 3 aromatic rings. The van der Waals surface area contributed by atoms with Crippen LogP contribution in [0.25, 0.3) is 11.0 Å². The molecule has 0 aliphatic carbocycles. The SMILES string of the molecule is CCOCc1ccccc1CNS(=O)(=O)c1cnc2c(c1)c(=O)[nH]c(=O)n2C. The fourth-order valence-corrected chi connectivity index (χ4v) is 3.68. The number of pyridine rings is 1. The molecule has 0 aliphatic heterocycles. The number of aromatic amines is 1. The van der Waals surface area contributed by atoms with Crippen LogP contribution in [0.5, 0.6) is 0 Å². The van der Waals surface area contributed by atoms with Crippen molar-refractivity contribution >= 4 is 21.1 Å². The van der Waals surface area contributed by atoms with Gasteiger partial charge in [-0.1, -0.05) is 24.3 Å². The van der Waals surface area contributed by atoms with Gasteiger partial charge >= 0.3 is 5.69 Å². The molecule has 148 valence electrons. The third kappa shape index (κ3) is 4.03. The number of aryl methyl sites for hydroxylation is 1. The maximum atomic E-state index is 12.7. The second-order valence-electron chi connectivity index (χ2n) is 6.09. The molecule has 10 heteroatoms. The molecule has 0 atom stereocenters. The Morgan fingerprint density at radius 1 is 1.21 bits per heavy atom. The highest BCUT2D eigenvalue weighted by Crippen LogP contribution is 2.15. The van der Waals surface area contributed by atoms with Crippen molar-refractivity contribution in [3.05, 3.63) is 68.5 Å². The minimum absolute atomic E-state index is 0.0155. The van der Waals surface area contributed by atoms with E-state index in [1.807, 2.05) is 31.2 Å². The van der Waals surface area contributed by atoms with Crippen molar-refractivity contribution in [2.45, 2.75) is 25.0 Å². The Hall–Kier alpha value is -2.82. The molecule has 0 radical (unpaired) electrons. The Morgan fingerprint density at radius 3 is 2.64 bits per heavy atom. The highest BCUT2D eigenvalue weighted by atomic mass is 32.2. The van der Waals surface area contributed by atoms with Crippen molar-refractivity contribution < 1.29 is 13.2 Å². The topological polar surface area (TPSA) is 123 Å². The van der Waals surface area contributed by atoms with Crippen LogP contribution in [0.2, 0.25) is 0 Å². The van der Waals surface area contributed by atoms with Crippen LogP contribution in [0.15, 0.2) is 51.0 Å². The molecule has 0 aliphatic rings. The van der Waals surface area contributed by atoms with E-state index in [4.69, 9.17) is 4.74 Å². The molecule has 0 amide bonds. The van der Waals surface area contributed by atoms with Gasteiger partial charge in [0.2, 0.25) is 10.0 Å². The number of nitrogens with one attached hydrogen (secondary N) is 2. The van der Waals surface area contributed by atoms with Gasteiger partial charge in [0.15, 0.2) is 0 Å². The lowest BCUT2D eigenvalue weighted by molar-refractivity contribution is 0.133. The molecule has 0 saturated heterocycles. The summed E-state index contributed by atoms with van der Waals surface area (Å²) in [6, 6.07) is 8.56. The number of hydrogen-bond acceptors (Lipinski definition) is 6. The number of aromatic nitrogens is 3. The first-order chi connectivity index (χ1) is 13.3. The van der Waals surface area contributed by atoms with Crippen LogP contribution in [0, 0.1) is 0 Å². The van der Waals surface area contributed by atoms with E-state index in [-0.39, 0.29) is 22.5 Å². The lowest BCUT2D eigenvalue weighted by Gasteiger charge is -2.11. The molecule has 2 aromatic heterocycles. The lowest BCUT2D eigenvalue weighted by Crippen LogP contribution is -2.29. The number of nitrogens with zero attached hydrogens (tertiary/aromatic N) is 2. The minimum Gasteiger partial charge on any atom is -0.377 e. The summed E-state index contributed by atoms with van der Waals surface area (Å²) in [6.45, 7) is 2.89. The third-order valence-electron chi connectivity index (χ3n) is 4.27. The molecular formula is C18H20N4O5S. The van der Waals surface area contributed by atoms with E-state index < -0.39 is 21.3 Å². The molecule has 2 heterocycles. The van der Waals surface area contributed by atoms with Crippen LogP contribution >= 0.6 is 0 Å². The van der Waals surface area contributed by atoms with Crippen molar-refractivity contribution in [1.29, 1.82) is 0 Å². The van der Waals surface area contributed by atoms with Crippen molar-refractivity contribution in [1.82, 2.24) is 19.3 Å². The molecule has 0 fully saturated rings. The molecule has 0 unspecified atom stereocenters. The standard InChI is InChI=1S/C18H20N4O5S/c1-3-27-11-13-7-5-4-6-12(13)9-20-28(25,26)14-8-15-16(19-10-14)22(2)18(24)21-17(15)23/h4-8,10,20H,3,9,11H2,1-2H3,(H,21,23,24). The average molecular weight is 404 g/mol. The smallest absolute Gasteiger partial charge is 0.329 e. The number of fused-ring (bicyclic) bond motifs is 1. The van der Waals surface area contributed by atoms with E-state index in [0.29, 0.717) is 13.2 Å². The molecule has 3 rings (SSSR count). The van der Waals surface area contributed by atoms with Crippen LogP contribution in [-0.4, -0.2) is 29.6 Å². The molecule has 0 bridgehead atoms. The van der Waals surface area contributed by atoms with Gasteiger partial charge in [0.25, 0.3) is 5.56 Å². The van der Waals surface area contributed by atoms with Crippen LogP contribution in [0.1, 0.15) is 18.1 Å². The first-order valence-electron chi connectivity index (χ1n) is 8.56. The zero-order valence-corrected chi connectivity index (χ0v) is 16.2. The van der Waals surface area contributed by atoms with Gasteiger partial charge in [-0.3, -0.25) is 14.3 Å². The fourth-order valence-electron chi connectivity index (χ4n) is 2.70. The molecule has 0 spiro atoms. The van der Waals surface area contributed by atoms with Gasteiger partial charge in [0.1, 0.15) is 10.5 Å². The number of hydrogen-bond donors (Lipinski definition) is 2. The maximum absolute atomic E-state index is 12.7. The Labute approximate surface area is 161 Å². The van der Waals surface area contributed by atoms with E-state index >= 15 is 0 Å². The van der Waals surface area contributed by atoms with Gasteiger partial charge in [-0.05, 0) is 24.1 Å². The van der Waals surface area contributed by atoms with Gasteiger partial charge in [0, 0.05) is 26.4 Å². The molecular weight excluding hydrogens is 384 g/mol. The predicted molar refractivity (Wildman–Crippen MR) is 103 cm³/mol. The van der Waals surface area contributed by atoms with Crippen molar-refractivity contribution in [2.75, 3.05) is 6.61 Å². The highest BCUT2D eigenvalue weighted by molar-refractivity contribution is 7.89. The zero-order chi connectivity index (χ0) is 20.3. The van der Waals surface area contributed by atoms with Crippen LogP contribution in [0.4, 0.5) is 0 Å². The van der Waals surface area contributed by atoms with Crippen LogP contribution in [0.3, 0.4) is 0 Å². The summed E-state index contributed by atoms with van der Waals surface area (Å²) in [5.41, 5.74) is 0.466. The van der Waals surface area contributed by atoms with Gasteiger partial charge in [-0.15, -0.1) is 0 Å². The Kier molecular flexibility index (Phi) is 5.73. The molecule has 2 N–H and O–H groups in total. The summed E-state index contributed by atoms with van der Waals surface area (Å²) in [5, 5.41) is 0.0155. The van der Waals surface area contributed by atoms with Gasteiger partial charge in [0.05, 0.1) is 12.0 Å². The average Bonchev–Trinajstić information content (AvgIpc) is 2.69. The number of benzene rings is 1. The first-order valence-corrected chi connectivity index (χ1v) is 10.0. The van der Waals surface area contributed by atoms with Crippen molar-refractivity contribution in [2.24, 2.45) is 7.05 Å². The Bertz CT molecular complexity index is 1230. The van der Waals surface area contributed by atoms with Crippen molar-refractivity contribution in [3.8, 4) is 0 Å². The number of H-pyrrole nitrogens is 1. The molecule has 28 heavy (non-hydrogen) atoms. The highest BCUT2D eigenvalue weighted by Gasteiger charge is 2.18. The second-order valence-corrected chi connectivity index (χ2v) is 7.86. The summed E-state index contributed by atoms with van der Waals surface area (Å²) >= 11 is 0. The molecule has 1 aromatic carbocycles. The number of sulfonamides is 1. The van der Waals surface area contributed by atoms with Gasteiger partial charge in [-0.25, -0.2) is 22.9 Å². The monoisotopic (exact) mass is 404 g/mol. The summed E-state index contributed by atoms with van der Waals surface area (Å²) in [7, 11) is -2.48. The largest absolute Gasteiger partial charge is 0.377 e. The normalized spacial score (nSPS) is 11.8. The van der Waals surface area contributed by atoms with E-state index in [2.05, 4.69) is 14.7 Å². The first kappa shape index (κ1) is 19.9. The third-order valence-corrected chi connectivity index (χ3v) is 5.64. The summed E-state index contributed by atoms with van der Waals surface area (Å²) in [4.78, 5) is 29.6. The number of ether oxygens (including phenoxy) is 1. The fraction of sp³-hybridized carbons (Fsp3) is 0.278. The Morgan fingerprint density at radius 2 is 1.93 bits per heavy atom. The quantitative estimate of drug-likeness (QED) is 0.596. The van der Waals surface area contributed by atoms with E-state index in [1.165, 1.54) is 13.1 Å². The molecule has 0 saturated carbocycles.